The third-order valence-electron chi connectivity index (χ3n) is 1.98. The lowest BCUT2D eigenvalue weighted by atomic mass is 10.1. The van der Waals surface area contributed by atoms with Crippen molar-refractivity contribution < 1.29 is 19.7 Å². The molecule has 2 rings (SSSR count). The first-order valence-corrected chi connectivity index (χ1v) is 3.86. The highest BCUT2D eigenvalue weighted by molar-refractivity contribution is 5.93. The summed E-state index contributed by atoms with van der Waals surface area (Å²) in [6.07, 6.45) is 0. The second-order valence-electron chi connectivity index (χ2n) is 2.84. The van der Waals surface area contributed by atoms with Crippen LogP contribution in [0.25, 0.3) is 0 Å². The van der Waals surface area contributed by atoms with Gasteiger partial charge in [0.1, 0.15) is 13.2 Å². The summed E-state index contributed by atoms with van der Waals surface area (Å²) in [5.74, 6) is -0.286. The summed E-state index contributed by atoms with van der Waals surface area (Å²) < 4.78 is 4.81. The highest BCUT2D eigenvalue weighted by Gasteiger charge is 2.20. The molecule has 1 aliphatic heterocycles. The molecule has 0 radical (unpaired) electrons. The minimum absolute atomic E-state index is 0.126. The zero-order valence-electron chi connectivity index (χ0n) is 6.82. The van der Waals surface area contributed by atoms with Gasteiger partial charge in [0.25, 0.3) is 0 Å². The lowest BCUT2D eigenvalue weighted by Crippen LogP contribution is -1.94. The van der Waals surface area contributed by atoms with Gasteiger partial charge in [-0.25, -0.2) is 9.68 Å². The van der Waals surface area contributed by atoms with E-state index in [0.29, 0.717) is 12.2 Å². The lowest BCUT2D eigenvalue weighted by molar-refractivity contribution is -0.253. The lowest BCUT2D eigenvalue weighted by Gasteiger charge is -1.99. The fourth-order valence-corrected chi connectivity index (χ4v) is 1.35. The molecule has 68 valence electrons. The molecule has 13 heavy (non-hydrogen) atoms. The molecule has 0 saturated carbocycles. The van der Waals surface area contributed by atoms with Gasteiger partial charge in [0, 0.05) is 5.56 Å². The predicted octanol–water partition coefficient (Wildman–Crippen LogP) is 1.35. The second kappa shape index (κ2) is 3.16. The van der Waals surface area contributed by atoms with Gasteiger partial charge >= 0.3 is 5.97 Å². The van der Waals surface area contributed by atoms with Crippen molar-refractivity contribution in [3.63, 3.8) is 0 Å². The van der Waals surface area contributed by atoms with Gasteiger partial charge in [-0.05, 0) is 17.7 Å². The summed E-state index contributed by atoms with van der Waals surface area (Å²) in [5, 5.41) is 8.22. The van der Waals surface area contributed by atoms with Crippen LogP contribution in [0, 0.1) is 0 Å². The van der Waals surface area contributed by atoms with Gasteiger partial charge < -0.3 is 4.74 Å². The summed E-state index contributed by atoms with van der Waals surface area (Å²) in [6.45, 7) is 0.439. The molecule has 1 aromatic rings. The predicted molar refractivity (Wildman–Crippen MR) is 43.0 cm³/mol. The first-order valence-electron chi connectivity index (χ1n) is 3.86. The summed E-state index contributed by atoms with van der Waals surface area (Å²) in [7, 11) is 0. The first kappa shape index (κ1) is 8.22. The van der Waals surface area contributed by atoms with E-state index < -0.39 is 0 Å². The third kappa shape index (κ3) is 1.41. The van der Waals surface area contributed by atoms with Gasteiger partial charge in [-0.2, -0.15) is 0 Å². The van der Waals surface area contributed by atoms with Crippen LogP contribution in [0.2, 0.25) is 0 Å². The Balaban J connectivity index is 2.34. The molecule has 4 heteroatoms. The van der Waals surface area contributed by atoms with E-state index in [1.165, 1.54) is 0 Å². The quantitative estimate of drug-likeness (QED) is 0.424. The SMILES string of the molecule is O=C1OCc2cc(COO)ccc21. The molecule has 1 aliphatic rings. The average molecular weight is 180 g/mol. The van der Waals surface area contributed by atoms with Crippen molar-refractivity contribution in [1.82, 2.24) is 0 Å². The summed E-state index contributed by atoms with van der Waals surface area (Å²) in [5.41, 5.74) is 2.26. The van der Waals surface area contributed by atoms with Crippen LogP contribution in [0.15, 0.2) is 18.2 Å². The van der Waals surface area contributed by atoms with Crippen LogP contribution in [-0.4, -0.2) is 11.2 Å². The number of esters is 1. The zero-order valence-corrected chi connectivity index (χ0v) is 6.82. The van der Waals surface area contributed by atoms with Crippen LogP contribution >= 0.6 is 0 Å². The van der Waals surface area contributed by atoms with Crippen molar-refractivity contribution in [2.45, 2.75) is 13.2 Å². The van der Waals surface area contributed by atoms with Gasteiger partial charge in [-0.3, -0.25) is 5.26 Å². The highest BCUT2D eigenvalue weighted by atomic mass is 17.1. The van der Waals surface area contributed by atoms with Crippen LogP contribution in [0.5, 0.6) is 0 Å². The molecule has 0 fully saturated rings. The molecular weight excluding hydrogens is 172 g/mol. The van der Waals surface area contributed by atoms with Crippen molar-refractivity contribution in [2.24, 2.45) is 0 Å². The number of hydrogen-bond acceptors (Lipinski definition) is 4. The Morgan fingerprint density at radius 2 is 2.38 bits per heavy atom. The molecule has 0 spiro atoms. The number of carbonyl (C=O) groups is 1. The highest BCUT2D eigenvalue weighted by Crippen LogP contribution is 2.21. The fraction of sp³-hybridized carbons (Fsp3) is 0.222. The van der Waals surface area contributed by atoms with Crippen molar-refractivity contribution in [3.05, 3.63) is 34.9 Å². The van der Waals surface area contributed by atoms with Crippen LogP contribution in [0.3, 0.4) is 0 Å². The van der Waals surface area contributed by atoms with E-state index in [-0.39, 0.29) is 12.6 Å². The van der Waals surface area contributed by atoms with E-state index in [0.717, 1.165) is 11.1 Å². The number of hydrogen-bond donors (Lipinski definition) is 1. The monoisotopic (exact) mass is 180 g/mol. The standard InChI is InChI=1S/C9H8O4/c10-9-8-2-1-6(4-13-11)3-7(8)5-12-9/h1-3,11H,4-5H2. The molecule has 0 amide bonds. The van der Waals surface area contributed by atoms with Crippen molar-refractivity contribution >= 4 is 5.97 Å². The minimum atomic E-state index is -0.286. The number of cyclic esters (lactones) is 1. The Labute approximate surface area is 74.6 Å². The van der Waals surface area contributed by atoms with Crippen LogP contribution in [-0.2, 0) is 22.8 Å². The van der Waals surface area contributed by atoms with Crippen LogP contribution < -0.4 is 0 Å². The van der Waals surface area contributed by atoms with Crippen molar-refractivity contribution in [3.8, 4) is 0 Å². The van der Waals surface area contributed by atoms with E-state index in [1.807, 2.05) is 0 Å². The Morgan fingerprint density at radius 3 is 3.15 bits per heavy atom. The number of fused-ring (bicyclic) bond motifs is 1. The molecule has 4 nitrogen and oxygen atoms in total. The van der Waals surface area contributed by atoms with Crippen molar-refractivity contribution in [2.75, 3.05) is 0 Å². The third-order valence-corrected chi connectivity index (χ3v) is 1.98. The van der Waals surface area contributed by atoms with Gasteiger partial charge in [-0.15, -0.1) is 0 Å². The molecule has 0 unspecified atom stereocenters. The van der Waals surface area contributed by atoms with Gasteiger partial charge in [0.15, 0.2) is 0 Å². The fourth-order valence-electron chi connectivity index (χ4n) is 1.35. The molecule has 0 saturated heterocycles. The topological polar surface area (TPSA) is 55.8 Å². The zero-order chi connectivity index (χ0) is 9.26. The molecule has 1 aromatic carbocycles. The second-order valence-corrected chi connectivity index (χ2v) is 2.84. The van der Waals surface area contributed by atoms with E-state index in [2.05, 4.69) is 4.89 Å². The first-order chi connectivity index (χ1) is 6.31. The van der Waals surface area contributed by atoms with E-state index in [1.54, 1.807) is 18.2 Å². The molecule has 0 bridgehead atoms. The molecule has 1 heterocycles. The average Bonchev–Trinajstić information content (AvgIpc) is 2.48. The minimum Gasteiger partial charge on any atom is -0.457 e. The van der Waals surface area contributed by atoms with Gasteiger partial charge in [0.2, 0.25) is 0 Å². The summed E-state index contributed by atoms with van der Waals surface area (Å²) >= 11 is 0. The van der Waals surface area contributed by atoms with Crippen molar-refractivity contribution in [1.29, 1.82) is 0 Å². The number of rotatable bonds is 2. The van der Waals surface area contributed by atoms with E-state index in [9.17, 15) is 4.79 Å². The van der Waals surface area contributed by atoms with Crippen LogP contribution in [0.4, 0.5) is 0 Å². The van der Waals surface area contributed by atoms with Gasteiger partial charge in [0.05, 0.1) is 5.56 Å². The maximum absolute atomic E-state index is 11.0. The number of benzene rings is 1. The number of carbonyl (C=O) groups excluding carboxylic acids is 1. The Morgan fingerprint density at radius 1 is 1.54 bits per heavy atom. The van der Waals surface area contributed by atoms with E-state index in [4.69, 9.17) is 9.99 Å². The molecule has 0 aliphatic carbocycles. The number of ether oxygens (including phenoxy) is 1. The summed E-state index contributed by atoms with van der Waals surface area (Å²) in [4.78, 5) is 15.0. The maximum Gasteiger partial charge on any atom is 0.338 e. The smallest absolute Gasteiger partial charge is 0.338 e. The largest absolute Gasteiger partial charge is 0.457 e. The molecule has 0 atom stereocenters. The molecular formula is C9H8O4. The normalized spacial score (nSPS) is 14.1. The Bertz CT molecular complexity index is 345. The Hall–Kier alpha value is -1.39. The maximum atomic E-state index is 11.0. The summed E-state index contributed by atoms with van der Waals surface area (Å²) in [6, 6.07) is 5.19. The molecule has 1 N–H and O–H groups in total. The van der Waals surface area contributed by atoms with E-state index >= 15 is 0 Å². The Kier molecular flexibility index (Phi) is 2.00. The van der Waals surface area contributed by atoms with Gasteiger partial charge in [-0.1, -0.05) is 6.07 Å². The molecule has 0 aromatic heterocycles. The van der Waals surface area contributed by atoms with Crippen LogP contribution in [0.1, 0.15) is 21.5 Å².